The van der Waals surface area contributed by atoms with Gasteiger partial charge < -0.3 is 4.74 Å². The summed E-state index contributed by atoms with van der Waals surface area (Å²) in [6.45, 7) is 0.557. The average molecular weight is 390 g/mol. The first-order valence-electron chi connectivity index (χ1n) is 4.73. The first-order valence-corrected chi connectivity index (χ1v) is 6.60. The maximum absolute atomic E-state index is 5.65. The number of nitrogens with zero attached hydrogens (tertiary/aromatic N) is 1. The topological polar surface area (TPSA) is 22.1 Å². The highest BCUT2D eigenvalue weighted by atomic mass is 127. The number of halogens is 2. The summed E-state index contributed by atoms with van der Waals surface area (Å²) in [4.78, 5) is 4.10. The van der Waals surface area contributed by atoms with Gasteiger partial charge in [0.2, 0.25) is 0 Å². The first-order chi connectivity index (χ1) is 7.75. The van der Waals surface area contributed by atoms with Gasteiger partial charge in [0.15, 0.2) is 5.75 Å². The zero-order valence-corrected chi connectivity index (χ0v) is 12.1. The molecule has 0 saturated heterocycles. The zero-order chi connectivity index (χ0) is 11.4. The Labute approximate surface area is 116 Å². The molecule has 0 spiro atoms. The molecule has 0 unspecified atom stereocenters. The van der Waals surface area contributed by atoms with Gasteiger partial charge in [0.1, 0.15) is 11.2 Å². The van der Waals surface area contributed by atoms with Gasteiger partial charge in [0, 0.05) is 9.77 Å². The molecule has 1 aromatic heterocycles. The highest BCUT2D eigenvalue weighted by Gasteiger charge is 2.00. The third kappa shape index (κ3) is 3.18. The molecule has 0 fully saturated rings. The van der Waals surface area contributed by atoms with Crippen molar-refractivity contribution >= 4 is 38.5 Å². The van der Waals surface area contributed by atoms with E-state index in [9.17, 15) is 0 Å². The Morgan fingerprint density at radius 2 is 1.94 bits per heavy atom. The van der Waals surface area contributed by atoms with Crippen LogP contribution in [0, 0.1) is 3.57 Å². The number of benzene rings is 1. The molecule has 4 heteroatoms. The van der Waals surface area contributed by atoms with Crippen LogP contribution in [-0.4, -0.2) is 4.98 Å². The minimum Gasteiger partial charge on any atom is -0.486 e. The van der Waals surface area contributed by atoms with Crippen LogP contribution in [0.1, 0.15) is 5.56 Å². The minimum absolute atomic E-state index is 0.557. The molecule has 0 bridgehead atoms. The Morgan fingerprint density at radius 3 is 2.62 bits per heavy atom. The minimum atomic E-state index is 0.557. The van der Waals surface area contributed by atoms with Gasteiger partial charge >= 0.3 is 0 Å². The van der Waals surface area contributed by atoms with Crippen molar-refractivity contribution in [1.29, 1.82) is 0 Å². The number of rotatable bonds is 3. The SMILES string of the molecule is Brc1ncccc1OCc1ccc(I)cc1. The Hall–Kier alpha value is -0.620. The third-order valence-electron chi connectivity index (χ3n) is 2.03. The predicted molar refractivity (Wildman–Crippen MR) is 75.4 cm³/mol. The van der Waals surface area contributed by atoms with Crippen molar-refractivity contribution < 1.29 is 4.74 Å². The van der Waals surface area contributed by atoms with Crippen LogP contribution >= 0.6 is 38.5 Å². The molecule has 0 aliphatic rings. The van der Waals surface area contributed by atoms with Gasteiger partial charge in [-0.15, -0.1) is 0 Å². The summed E-state index contributed by atoms with van der Waals surface area (Å²) in [7, 11) is 0. The molecular weight excluding hydrogens is 381 g/mol. The summed E-state index contributed by atoms with van der Waals surface area (Å²) >= 11 is 5.63. The summed E-state index contributed by atoms with van der Waals surface area (Å²) in [6.07, 6.45) is 1.72. The lowest BCUT2D eigenvalue weighted by Crippen LogP contribution is -1.96. The van der Waals surface area contributed by atoms with Crippen LogP contribution in [0.2, 0.25) is 0 Å². The second-order valence-corrected chi connectivity index (χ2v) is 5.20. The Bertz CT molecular complexity index is 473. The van der Waals surface area contributed by atoms with Gasteiger partial charge in [0.05, 0.1) is 0 Å². The fourth-order valence-corrected chi connectivity index (χ4v) is 1.95. The number of ether oxygens (including phenoxy) is 1. The highest BCUT2D eigenvalue weighted by Crippen LogP contribution is 2.22. The molecule has 0 aliphatic carbocycles. The zero-order valence-electron chi connectivity index (χ0n) is 8.36. The number of hydrogen-bond acceptors (Lipinski definition) is 2. The fraction of sp³-hybridized carbons (Fsp3) is 0.0833. The third-order valence-corrected chi connectivity index (χ3v) is 3.35. The molecule has 1 heterocycles. The van der Waals surface area contributed by atoms with E-state index in [1.54, 1.807) is 6.20 Å². The van der Waals surface area contributed by atoms with E-state index in [-0.39, 0.29) is 0 Å². The van der Waals surface area contributed by atoms with Gasteiger partial charge in [-0.25, -0.2) is 4.98 Å². The largest absolute Gasteiger partial charge is 0.486 e. The standard InChI is InChI=1S/C12H9BrINO/c13-12-11(2-1-7-15-12)16-8-9-3-5-10(14)6-4-9/h1-7H,8H2. The Morgan fingerprint density at radius 1 is 1.19 bits per heavy atom. The van der Waals surface area contributed by atoms with E-state index in [0.29, 0.717) is 6.61 Å². The second-order valence-electron chi connectivity index (χ2n) is 3.21. The summed E-state index contributed by atoms with van der Waals surface area (Å²) in [5.41, 5.74) is 1.15. The van der Waals surface area contributed by atoms with Crippen molar-refractivity contribution in [2.24, 2.45) is 0 Å². The lowest BCUT2D eigenvalue weighted by molar-refractivity contribution is 0.302. The van der Waals surface area contributed by atoms with Gasteiger partial charge in [-0.3, -0.25) is 0 Å². The molecule has 0 N–H and O–H groups in total. The number of aromatic nitrogens is 1. The van der Waals surface area contributed by atoms with E-state index >= 15 is 0 Å². The Balaban J connectivity index is 2.02. The summed E-state index contributed by atoms with van der Waals surface area (Å²) in [5, 5.41) is 0. The quantitative estimate of drug-likeness (QED) is 0.584. The molecular formula is C12H9BrINO. The van der Waals surface area contributed by atoms with Gasteiger partial charge in [-0.2, -0.15) is 0 Å². The number of hydrogen-bond donors (Lipinski definition) is 0. The Kier molecular flexibility index (Phi) is 4.17. The maximum Gasteiger partial charge on any atom is 0.152 e. The summed E-state index contributed by atoms with van der Waals surface area (Å²) in [6, 6.07) is 12.0. The monoisotopic (exact) mass is 389 g/mol. The van der Waals surface area contributed by atoms with E-state index in [4.69, 9.17) is 4.74 Å². The van der Waals surface area contributed by atoms with Crippen molar-refractivity contribution in [3.05, 3.63) is 56.3 Å². The second kappa shape index (κ2) is 5.63. The lowest BCUT2D eigenvalue weighted by atomic mass is 10.2. The van der Waals surface area contributed by atoms with Crippen molar-refractivity contribution in [2.75, 3.05) is 0 Å². The van der Waals surface area contributed by atoms with E-state index in [1.165, 1.54) is 3.57 Å². The van der Waals surface area contributed by atoms with Crippen molar-refractivity contribution in [1.82, 2.24) is 4.98 Å². The van der Waals surface area contributed by atoms with Crippen molar-refractivity contribution in [2.45, 2.75) is 6.61 Å². The molecule has 82 valence electrons. The van der Waals surface area contributed by atoms with Gasteiger partial charge in [-0.05, 0) is 68.3 Å². The normalized spacial score (nSPS) is 10.1. The lowest BCUT2D eigenvalue weighted by Gasteiger charge is -2.07. The number of pyridine rings is 1. The molecule has 16 heavy (non-hydrogen) atoms. The average Bonchev–Trinajstić information content (AvgIpc) is 2.30. The van der Waals surface area contributed by atoms with E-state index < -0.39 is 0 Å². The smallest absolute Gasteiger partial charge is 0.152 e. The van der Waals surface area contributed by atoms with Crippen LogP contribution in [-0.2, 0) is 6.61 Å². The van der Waals surface area contributed by atoms with Crippen LogP contribution in [0.4, 0.5) is 0 Å². The van der Waals surface area contributed by atoms with E-state index in [2.05, 4.69) is 67.8 Å². The summed E-state index contributed by atoms with van der Waals surface area (Å²) < 4.78 is 7.61. The fourth-order valence-electron chi connectivity index (χ4n) is 1.22. The van der Waals surface area contributed by atoms with Crippen LogP contribution in [0.15, 0.2) is 47.2 Å². The van der Waals surface area contributed by atoms with Gasteiger partial charge in [0.25, 0.3) is 0 Å². The first kappa shape index (κ1) is 11.9. The molecule has 2 nitrogen and oxygen atoms in total. The molecule has 0 atom stereocenters. The van der Waals surface area contributed by atoms with Crippen LogP contribution in [0.25, 0.3) is 0 Å². The van der Waals surface area contributed by atoms with Crippen LogP contribution < -0.4 is 4.74 Å². The van der Waals surface area contributed by atoms with Crippen molar-refractivity contribution in [3.63, 3.8) is 0 Å². The highest BCUT2D eigenvalue weighted by molar-refractivity contribution is 14.1. The van der Waals surface area contributed by atoms with E-state index in [0.717, 1.165) is 15.9 Å². The van der Waals surface area contributed by atoms with Gasteiger partial charge in [-0.1, -0.05) is 12.1 Å². The van der Waals surface area contributed by atoms with Crippen molar-refractivity contribution in [3.8, 4) is 5.75 Å². The predicted octanol–water partition coefficient (Wildman–Crippen LogP) is 4.03. The molecule has 2 rings (SSSR count). The van der Waals surface area contributed by atoms with E-state index in [1.807, 2.05) is 12.1 Å². The molecule has 0 saturated carbocycles. The van der Waals surface area contributed by atoms with Crippen LogP contribution in [0.3, 0.4) is 0 Å². The molecule has 1 aromatic carbocycles. The van der Waals surface area contributed by atoms with Crippen LogP contribution in [0.5, 0.6) is 5.75 Å². The molecule has 0 amide bonds. The molecule has 2 aromatic rings. The summed E-state index contributed by atoms with van der Waals surface area (Å²) in [5.74, 6) is 0.765. The molecule has 0 radical (unpaired) electrons. The molecule has 0 aliphatic heterocycles. The maximum atomic E-state index is 5.65.